The number of hydrogen-bond acceptors (Lipinski definition) is 5. The van der Waals surface area contributed by atoms with Gasteiger partial charge < -0.3 is 22.1 Å². The minimum absolute atomic E-state index is 0. The number of nitrogens with two attached hydrogens (primary N) is 2. The number of carbonyl (C=O) groups is 2. The molecule has 138 valence electrons. The van der Waals surface area contributed by atoms with Crippen molar-refractivity contribution in [3.05, 3.63) is 34.4 Å². The predicted molar refractivity (Wildman–Crippen MR) is 96.5 cm³/mol. The molecule has 0 aliphatic heterocycles. The van der Waals surface area contributed by atoms with E-state index in [1.54, 1.807) is 0 Å². The van der Waals surface area contributed by atoms with E-state index in [1.165, 1.54) is 31.2 Å². The molecule has 1 aromatic rings. The molecule has 0 aliphatic carbocycles. The first-order valence-electron chi connectivity index (χ1n) is 7.17. The second-order valence-electron chi connectivity index (χ2n) is 5.00. The SMILES string of the molecule is CC(=O)NC(CCCN=C(N)N)C(=O)Nc1ccc([N+](=O)[O-])cc1.Cl. The maximum Gasteiger partial charge on any atom is 0.269 e. The summed E-state index contributed by atoms with van der Waals surface area (Å²) in [4.78, 5) is 37.4. The third-order valence-corrected chi connectivity index (χ3v) is 2.98. The van der Waals surface area contributed by atoms with Gasteiger partial charge in [0.05, 0.1) is 4.92 Å². The minimum Gasteiger partial charge on any atom is -0.370 e. The third kappa shape index (κ3) is 8.51. The highest BCUT2D eigenvalue weighted by Crippen LogP contribution is 2.16. The number of aliphatic imine (C=N–C) groups is 1. The topological polar surface area (TPSA) is 166 Å². The van der Waals surface area contributed by atoms with Gasteiger partial charge in [0.25, 0.3) is 5.69 Å². The number of halogens is 1. The molecule has 0 saturated heterocycles. The zero-order chi connectivity index (χ0) is 18.1. The van der Waals surface area contributed by atoms with E-state index in [9.17, 15) is 19.7 Å². The highest BCUT2D eigenvalue weighted by molar-refractivity contribution is 5.97. The largest absolute Gasteiger partial charge is 0.370 e. The van der Waals surface area contributed by atoms with Gasteiger partial charge in [-0.2, -0.15) is 0 Å². The van der Waals surface area contributed by atoms with Gasteiger partial charge in [0.1, 0.15) is 6.04 Å². The summed E-state index contributed by atoms with van der Waals surface area (Å²) in [7, 11) is 0. The van der Waals surface area contributed by atoms with E-state index < -0.39 is 16.9 Å². The van der Waals surface area contributed by atoms with Gasteiger partial charge in [0.2, 0.25) is 11.8 Å². The molecule has 25 heavy (non-hydrogen) atoms. The van der Waals surface area contributed by atoms with Crippen LogP contribution in [0.15, 0.2) is 29.3 Å². The summed E-state index contributed by atoms with van der Waals surface area (Å²) in [6, 6.07) is 4.64. The summed E-state index contributed by atoms with van der Waals surface area (Å²) in [6.45, 7) is 1.64. The Morgan fingerprint density at radius 3 is 2.36 bits per heavy atom. The Bertz CT molecular complexity index is 631. The van der Waals surface area contributed by atoms with Crippen molar-refractivity contribution in [1.29, 1.82) is 0 Å². The highest BCUT2D eigenvalue weighted by atomic mass is 35.5. The number of non-ortho nitro benzene ring substituents is 1. The number of nitro groups is 1. The van der Waals surface area contributed by atoms with Gasteiger partial charge in [-0.15, -0.1) is 12.4 Å². The molecule has 0 aromatic heterocycles. The minimum atomic E-state index is -0.758. The second-order valence-corrected chi connectivity index (χ2v) is 5.00. The Balaban J connectivity index is 0.00000576. The van der Waals surface area contributed by atoms with Crippen molar-refractivity contribution < 1.29 is 14.5 Å². The lowest BCUT2D eigenvalue weighted by atomic mass is 10.1. The summed E-state index contributed by atoms with van der Waals surface area (Å²) in [5.74, 6) is -0.814. The number of anilines is 1. The summed E-state index contributed by atoms with van der Waals surface area (Å²) < 4.78 is 0. The molecule has 0 saturated carbocycles. The molecule has 0 spiro atoms. The molecule has 1 aromatic carbocycles. The van der Waals surface area contributed by atoms with Crippen molar-refractivity contribution >= 4 is 41.6 Å². The van der Waals surface area contributed by atoms with E-state index in [1.807, 2.05) is 0 Å². The Labute approximate surface area is 150 Å². The van der Waals surface area contributed by atoms with Gasteiger partial charge in [-0.3, -0.25) is 24.7 Å². The number of hydrogen-bond donors (Lipinski definition) is 4. The van der Waals surface area contributed by atoms with E-state index in [0.29, 0.717) is 25.1 Å². The van der Waals surface area contributed by atoms with Gasteiger partial charge in [0, 0.05) is 31.3 Å². The molecule has 0 aliphatic rings. The van der Waals surface area contributed by atoms with Crippen LogP contribution < -0.4 is 22.1 Å². The molecule has 6 N–H and O–H groups in total. The Hall–Kier alpha value is -2.88. The number of benzene rings is 1. The fraction of sp³-hybridized carbons (Fsp3) is 0.357. The lowest BCUT2D eigenvalue weighted by Crippen LogP contribution is -2.43. The third-order valence-electron chi connectivity index (χ3n) is 2.98. The van der Waals surface area contributed by atoms with E-state index in [-0.39, 0.29) is 30.0 Å². The Morgan fingerprint density at radius 2 is 1.88 bits per heavy atom. The highest BCUT2D eigenvalue weighted by Gasteiger charge is 2.19. The van der Waals surface area contributed by atoms with Crippen LogP contribution in [0.5, 0.6) is 0 Å². The number of rotatable bonds is 8. The Morgan fingerprint density at radius 1 is 1.28 bits per heavy atom. The molecule has 2 amide bonds. The molecule has 0 heterocycles. The fourth-order valence-corrected chi connectivity index (χ4v) is 1.91. The van der Waals surface area contributed by atoms with Crippen LogP contribution in [-0.2, 0) is 9.59 Å². The zero-order valence-electron chi connectivity index (χ0n) is 13.6. The molecule has 10 nitrogen and oxygen atoms in total. The van der Waals surface area contributed by atoms with Crippen molar-refractivity contribution in [2.45, 2.75) is 25.8 Å². The van der Waals surface area contributed by atoms with Crippen molar-refractivity contribution in [3.8, 4) is 0 Å². The zero-order valence-corrected chi connectivity index (χ0v) is 14.4. The molecule has 1 unspecified atom stereocenters. The maximum atomic E-state index is 12.3. The lowest BCUT2D eigenvalue weighted by molar-refractivity contribution is -0.384. The molecular weight excluding hydrogens is 352 g/mol. The second kappa shape index (κ2) is 10.8. The number of amides is 2. The van der Waals surface area contributed by atoms with Crippen LogP contribution in [0.1, 0.15) is 19.8 Å². The molecular formula is C14H21ClN6O4. The summed E-state index contributed by atoms with van der Waals surface area (Å²) in [6.07, 6.45) is 0.839. The molecule has 0 radical (unpaired) electrons. The first-order valence-corrected chi connectivity index (χ1v) is 7.17. The van der Waals surface area contributed by atoms with E-state index >= 15 is 0 Å². The molecule has 0 bridgehead atoms. The average Bonchev–Trinajstić information content (AvgIpc) is 2.50. The van der Waals surface area contributed by atoms with Gasteiger partial charge >= 0.3 is 0 Å². The summed E-state index contributed by atoms with van der Waals surface area (Å²) in [5, 5.41) is 15.8. The van der Waals surface area contributed by atoms with Crippen LogP contribution in [-0.4, -0.2) is 35.3 Å². The van der Waals surface area contributed by atoms with Crippen LogP contribution >= 0.6 is 12.4 Å². The van der Waals surface area contributed by atoms with E-state index in [0.717, 1.165) is 0 Å². The van der Waals surface area contributed by atoms with Crippen molar-refractivity contribution in [2.24, 2.45) is 16.5 Å². The first kappa shape index (κ1) is 22.1. The van der Waals surface area contributed by atoms with Gasteiger partial charge in [0.15, 0.2) is 5.96 Å². The molecule has 1 atom stereocenters. The first-order chi connectivity index (χ1) is 11.3. The fourth-order valence-electron chi connectivity index (χ4n) is 1.91. The lowest BCUT2D eigenvalue weighted by Gasteiger charge is -2.17. The average molecular weight is 373 g/mol. The molecule has 11 heteroatoms. The summed E-state index contributed by atoms with van der Waals surface area (Å²) in [5.41, 5.74) is 10.7. The number of guanidine groups is 1. The van der Waals surface area contributed by atoms with Gasteiger partial charge in [-0.25, -0.2) is 0 Å². The van der Waals surface area contributed by atoms with Gasteiger partial charge in [-0.1, -0.05) is 0 Å². The molecule has 0 fully saturated rings. The maximum absolute atomic E-state index is 12.3. The summed E-state index contributed by atoms with van der Waals surface area (Å²) >= 11 is 0. The van der Waals surface area contributed by atoms with Crippen molar-refractivity contribution in [2.75, 3.05) is 11.9 Å². The molecule has 1 rings (SSSR count). The van der Waals surface area contributed by atoms with Crippen LogP contribution in [0, 0.1) is 10.1 Å². The number of nitro benzene ring substituents is 1. The standard InChI is InChI=1S/C14H20N6O4.ClH/c1-9(21)18-12(3-2-8-17-14(15)16)13(22)19-10-4-6-11(7-5-10)20(23)24;/h4-7,12H,2-3,8H2,1H3,(H,18,21)(H,19,22)(H4,15,16,17);1H. The number of nitrogens with one attached hydrogen (secondary N) is 2. The monoisotopic (exact) mass is 372 g/mol. The predicted octanol–water partition coefficient (Wildman–Crippen LogP) is 0.513. The van der Waals surface area contributed by atoms with Gasteiger partial charge in [-0.05, 0) is 25.0 Å². The number of nitrogens with zero attached hydrogens (tertiary/aromatic N) is 2. The number of carbonyl (C=O) groups excluding carboxylic acids is 2. The quantitative estimate of drug-likeness (QED) is 0.170. The normalized spacial score (nSPS) is 10.8. The van der Waals surface area contributed by atoms with Crippen LogP contribution in [0.4, 0.5) is 11.4 Å². The van der Waals surface area contributed by atoms with Crippen molar-refractivity contribution in [3.63, 3.8) is 0 Å². The van der Waals surface area contributed by atoms with Crippen LogP contribution in [0.2, 0.25) is 0 Å². The van der Waals surface area contributed by atoms with Crippen molar-refractivity contribution in [1.82, 2.24) is 5.32 Å². The van der Waals surface area contributed by atoms with E-state index in [2.05, 4.69) is 15.6 Å². The van der Waals surface area contributed by atoms with E-state index in [4.69, 9.17) is 11.5 Å². The Kier molecular flexibility index (Phi) is 9.57. The smallest absolute Gasteiger partial charge is 0.269 e. The van der Waals surface area contributed by atoms with Crippen LogP contribution in [0.25, 0.3) is 0 Å². The van der Waals surface area contributed by atoms with Crippen LogP contribution in [0.3, 0.4) is 0 Å².